The Bertz CT molecular complexity index is 634. The number of anilines is 1. The zero-order chi connectivity index (χ0) is 20.1. The SMILES string of the molecule is CCCC(C)(C)Sc1ccc(NC(=O)N(C)C2CCN(CC3CC3)CC2)cc1. The van der Waals surface area contributed by atoms with Gasteiger partial charge in [-0.15, -0.1) is 11.8 Å². The second kappa shape index (κ2) is 9.53. The van der Waals surface area contributed by atoms with Crippen LogP contribution in [0.15, 0.2) is 29.2 Å². The summed E-state index contributed by atoms with van der Waals surface area (Å²) in [6.45, 7) is 10.3. The molecule has 2 amide bonds. The predicted molar refractivity (Wildman–Crippen MR) is 120 cm³/mol. The van der Waals surface area contributed by atoms with E-state index in [1.54, 1.807) is 0 Å². The Morgan fingerprint density at radius 3 is 2.39 bits per heavy atom. The third-order valence-corrected chi connectivity index (χ3v) is 7.25. The minimum atomic E-state index is 0.00681. The van der Waals surface area contributed by atoms with Crippen LogP contribution in [0.3, 0.4) is 0 Å². The van der Waals surface area contributed by atoms with Gasteiger partial charge in [0.25, 0.3) is 0 Å². The van der Waals surface area contributed by atoms with Gasteiger partial charge in [0, 0.05) is 48.1 Å². The number of piperidine rings is 1. The van der Waals surface area contributed by atoms with E-state index in [4.69, 9.17) is 0 Å². The van der Waals surface area contributed by atoms with Gasteiger partial charge in [-0.05, 0) is 62.3 Å². The second-order valence-corrected chi connectivity index (χ2v) is 10.9. The van der Waals surface area contributed by atoms with E-state index in [0.717, 1.165) is 37.5 Å². The molecule has 1 saturated carbocycles. The molecule has 1 aromatic rings. The Hall–Kier alpha value is -1.20. The van der Waals surface area contributed by atoms with Crippen LogP contribution >= 0.6 is 11.8 Å². The van der Waals surface area contributed by atoms with Crippen LogP contribution < -0.4 is 5.32 Å². The maximum atomic E-state index is 12.7. The maximum Gasteiger partial charge on any atom is 0.321 e. The van der Waals surface area contributed by atoms with Gasteiger partial charge in [0.2, 0.25) is 0 Å². The average Bonchev–Trinajstić information content (AvgIpc) is 3.47. The standard InChI is InChI=1S/C23H37N3OS/c1-5-14-23(2,3)28-21-10-8-19(9-11-21)24-22(27)25(4)20-12-15-26(16-13-20)17-18-6-7-18/h8-11,18,20H,5-7,12-17H2,1-4H3,(H,24,27). The van der Waals surface area contributed by atoms with Crippen LogP contribution in [0, 0.1) is 5.92 Å². The van der Waals surface area contributed by atoms with Crippen molar-refractivity contribution in [2.45, 2.75) is 75.0 Å². The Morgan fingerprint density at radius 2 is 1.82 bits per heavy atom. The smallest absolute Gasteiger partial charge is 0.321 e. The fourth-order valence-corrected chi connectivity index (χ4v) is 5.33. The van der Waals surface area contributed by atoms with E-state index in [1.165, 1.54) is 37.1 Å². The summed E-state index contributed by atoms with van der Waals surface area (Å²) in [5.41, 5.74) is 0.876. The van der Waals surface area contributed by atoms with Crippen LogP contribution in [0.25, 0.3) is 0 Å². The van der Waals surface area contributed by atoms with Crippen LogP contribution in [-0.4, -0.2) is 53.3 Å². The molecule has 2 aliphatic rings. The molecule has 0 aromatic heterocycles. The monoisotopic (exact) mass is 403 g/mol. The Balaban J connectivity index is 1.46. The molecule has 0 unspecified atom stereocenters. The van der Waals surface area contributed by atoms with Crippen molar-refractivity contribution in [3.8, 4) is 0 Å². The minimum absolute atomic E-state index is 0.00681. The van der Waals surface area contributed by atoms with Crippen molar-refractivity contribution in [3.63, 3.8) is 0 Å². The van der Waals surface area contributed by atoms with Crippen molar-refractivity contribution in [2.24, 2.45) is 5.92 Å². The number of rotatable bonds is 8. The van der Waals surface area contributed by atoms with Crippen molar-refractivity contribution >= 4 is 23.5 Å². The molecule has 28 heavy (non-hydrogen) atoms. The molecule has 3 rings (SSSR count). The van der Waals surface area contributed by atoms with Crippen LogP contribution in [0.4, 0.5) is 10.5 Å². The predicted octanol–water partition coefficient (Wildman–Crippen LogP) is 5.70. The molecule has 1 aromatic carbocycles. The van der Waals surface area contributed by atoms with E-state index >= 15 is 0 Å². The van der Waals surface area contributed by atoms with Gasteiger partial charge >= 0.3 is 6.03 Å². The molecule has 1 aliphatic carbocycles. The molecular weight excluding hydrogens is 366 g/mol. The van der Waals surface area contributed by atoms with Crippen LogP contribution in [0.2, 0.25) is 0 Å². The lowest BCUT2D eigenvalue weighted by Gasteiger charge is -2.36. The van der Waals surface area contributed by atoms with Gasteiger partial charge in [0.1, 0.15) is 0 Å². The number of nitrogens with zero attached hydrogens (tertiary/aromatic N) is 2. The van der Waals surface area contributed by atoms with Crippen molar-refractivity contribution < 1.29 is 4.79 Å². The summed E-state index contributed by atoms with van der Waals surface area (Å²) in [5.74, 6) is 0.950. The molecule has 0 atom stereocenters. The van der Waals surface area contributed by atoms with E-state index in [2.05, 4.69) is 43.1 Å². The molecule has 156 valence electrons. The number of likely N-dealkylation sites (tertiary alicyclic amines) is 1. The van der Waals surface area contributed by atoms with Crippen molar-refractivity contribution in [1.29, 1.82) is 0 Å². The van der Waals surface area contributed by atoms with E-state index in [1.807, 2.05) is 35.8 Å². The Kier molecular flexibility index (Phi) is 7.32. The van der Waals surface area contributed by atoms with Gasteiger partial charge < -0.3 is 15.1 Å². The van der Waals surface area contributed by atoms with Gasteiger partial charge in [0.05, 0.1) is 0 Å². The lowest BCUT2D eigenvalue weighted by molar-refractivity contribution is 0.138. The molecule has 0 bridgehead atoms. The van der Waals surface area contributed by atoms with E-state index in [9.17, 15) is 4.79 Å². The number of amides is 2. The molecule has 1 N–H and O–H groups in total. The number of thioether (sulfide) groups is 1. The molecular formula is C23H37N3OS. The highest BCUT2D eigenvalue weighted by Crippen LogP contribution is 2.36. The fourth-order valence-electron chi connectivity index (χ4n) is 4.11. The van der Waals surface area contributed by atoms with Crippen molar-refractivity contribution in [1.82, 2.24) is 9.80 Å². The first-order valence-corrected chi connectivity index (χ1v) is 11.7. The maximum absolute atomic E-state index is 12.7. The van der Waals surface area contributed by atoms with Gasteiger partial charge in [-0.2, -0.15) is 0 Å². The third-order valence-electron chi connectivity index (χ3n) is 5.99. The molecule has 1 saturated heterocycles. The molecule has 1 aliphatic heterocycles. The van der Waals surface area contributed by atoms with E-state index < -0.39 is 0 Å². The summed E-state index contributed by atoms with van der Waals surface area (Å²) in [5, 5.41) is 3.07. The molecule has 0 spiro atoms. The first-order valence-electron chi connectivity index (χ1n) is 10.9. The first kappa shape index (κ1) is 21.5. The van der Waals surface area contributed by atoms with Crippen LogP contribution in [0.5, 0.6) is 0 Å². The van der Waals surface area contributed by atoms with Crippen LogP contribution in [-0.2, 0) is 0 Å². The largest absolute Gasteiger partial charge is 0.325 e. The summed E-state index contributed by atoms with van der Waals surface area (Å²) >= 11 is 1.91. The molecule has 5 heteroatoms. The second-order valence-electron chi connectivity index (χ2n) is 9.15. The summed E-state index contributed by atoms with van der Waals surface area (Å²) in [6, 6.07) is 8.64. The number of urea groups is 1. The van der Waals surface area contributed by atoms with Gasteiger partial charge in [-0.25, -0.2) is 4.79 Å². The van der Waals surface area contributed by atoms with Gasteiger partial charge in [0.15, 0.2) is 0 Å². The van der Waals surface area contributed by atoms with Gasteiger partial charge in [-0.1, -0.05) is 27.2 Å². The van der Waals surface area contributed by atoms with Crippen molar-refractivity contribution in [2.75, 3.05) is 32.0 Å². The molecule has 2 fully saturated rings. The fraction of sp³-hybridized carbons (Fsp3) is 0.696. The average molecular weight is 404 g/mol. The molecule has 4 nitrogen and oxygen atoms in total. The minimum Gasteiger partial charge on any atom is -0.325 e. The topological polar surface area (TPSA) is 35.6 Å². The summed E-state index contributed by atoms with van der Waals surface area (Å²) in [6.07, 6.45) is 7.38. The van der Waals surface area contributed by atoms with Crippen molar-refractivity contribution in [3.05, 3.63) is 24.3 Å². The molecule has 1 heterocycles. The zero-order valence-corrected chi connectivity index (χ0v) is 18.9. The number of hydrogen-bond donors (Lipinski definition) is 1. The van der Waals surface area contributed by atoms with E-state index in [0.29, 0.717) is 6.04 Å². The summed E-state index contributed by atoms with van der Waals surface area (Å²) in [7, 11) is 1.94. The number of hydrogen-bond acceptors (Lipinski definition) is 3. The van der Waals surface area contributed by atoms with E-state index in [-0.39, 0.29) is 10.8 Å². The molecule has 0 radical (unpaired) electrons. The lowest BCUT2D eigenvalue weighted by atomic mass is 10.0. The zero-order valence-electron chi connectivity index (χ0n) is 18.0. The van der Waals surface area contributed by atoms with Gasteiger partial charge in [-0.3, -0.25) is 0 Å². The Morgan fingerprint density at radius 1 is 1.18 bits per heavy atom. The quantitative estimate of drug-likeness (QED) is 0.566. The lowest BCUT2D eigenvalue weighted by Crippen LogP contribution is -2.47. The highest BCUT2D eigenvalue weighted by Gasteiger charge is 2.29. The number of carbonyl (C=O) groups excluding carboxylic acids is 1. The number of benzene rings is 1. The van der Waals surface area contributed by atoms with Crippen LogP contribution in [0.1, 0.15) is 59.3 Å². The number of nitrogens with one attached hydrogen (secondary N) is 1. The highest BCUT2D eigenvalue weighted by molar-refractivity contribution is 8.00. The normalized spacial score (nSPS) is 18.9. The third kappa shape index (κ3) is 6.41. The Labute approximate surface area is 175 Å². The number of carbonyl (C=O) groups is 1. The highest BCUT2D eigenvalue weighted by atomic mass is 32.2. The first-order chi connectivity index (χ1) is 13.4. The summed E-state index contributed by atoms with van der Waals surface area (Å²) in [4.78, 5) is 18.4. The summed E-state index contributed by atoms with van der Waals surface area (Å²) < 4.78 is 0.244.